The minimum Gasteiger partial charge on any atom is -0.462 e. The van der Waals surface area contributed by atoms with E-state index in [0.29, 0.717) is 19.3 Å². The number of rotatable bonds is 53. The number of hydrogen-bond acceptors (Lipinski definition) is 6. The van der Waals surface area contributed by atoms with Crippen molar-refractivity contribution in [3.8, 4) is 0 Å². The molecule has 0 saturated heterocycles. The maximum Gasteiger partial charge on any atom is 0.306 e. The fraction of sp³-hybridized carbons (Fsp3) is 0.762. The number of unbranched alkanes of at least 4 members (excludes halogenated alkanes) is 30. The van der Waals surface area contributed by atoms with Gasteiger partial charge in [0.05, 0.1) is 0 Å². The van der Waals surface area contributed by atoms with Crippen LogP contribution in [-0.4, -0.2) is 37.2 Å². The van der Waals surface area contributed by atoms with Crippen molar-refractivity contribution in [3.05, 3.63) is 72.9 Å². The number of esters is 3. The van der Waals surface area contributed by atoms with Crippen LogP contribution in [0.5, 0.6) is 0 Å². The zero-order chi connectivity index (χ0) is 50.0. The van der Waals surface area contributed by atoms with Crippen LogP contribution in [0.2, 0.25) is 0 Å². The third-order valence-electron chi connectivity index (χ3n) is 12.7. The van der Waals surface area contributed by atoms with Gasteiger partial charge in [-0.1, -0.05) is 261 Å². The number of ether oxygens (including phenoxy) is 3. The smallest absolute Gasteiger partial charge is 0.306 e. The number of carbonyl (C=O) groups excluding carboxylic acids is 3. The van der Waals surface area contributed by atoms with Crippen molar-refractivity contribution in [2.45, 2.75) is 297 Å². The van der Waals surface area contributed by atoms with E-state index in [0.717, 1.165) is 77.0 Å². The highest BCUT2D eigenvalue weighted by atomic mass is 16.6. The van der Waals surface area contributed by atoms with Gasteiger partial charge in [-0.15, -0.1) is 0 Å². The van der Waals surface area contributed by atoms with Crippen molar-refractivity contribution in [2.24, 2.45) is 0 Å². The van der Waals surface area contributed by atoms with E-state index in [2.05, 4.69) is 93.7 Å². The van der Waals surface area contributed by atoms with Crippen LogP contribution >= 0.6 is 0 Å². The summed E-state index contributed by atoms with van der Waals surface area (Å²) in [6.07, 6.45) is 73.3. The Morgan fingerprint density at radius 1 is 0.304 bits per heavy atom. The van der Waals surface area contributed by atoms with Gasteiger partial charge in [0.25, 0.3) is 0 Å². The molecule has 398 valence electrons. The van der Waals surface area contributed by atoms with E-state index in [1.807, 2.05) is 0 Å². The first-order valence-corrected chi connectivity index (χ1v) is 29.4. The standard InChI is InChI=1S/C63H110O6/c1-4-7-10-13-16-19-22-25-28-30-31-33-35-38-41-44-47-50-53-56-62(65)68-59-60(58-67-61(64)55-52-49-46-43-40-37-34-27-24-21-18-15-12-9-6-3)69-63(66)57-54-51-48-45-42-39-36-32-29-26-23-20-17-14-11-8-5-2/h8,11,17,20,25-26,28-29,36,39,45,48,60H,4-7,9-10,12-16,18-19,21-24,27,30-35,37-38,40-44,46-47,49-59H2,1-3H3/b11-8-,20-17-,28-25-,29-26-,39-36-,48-45-/t60-/m1/s1. The van der Waals surface area contributed by atoms with Crippen molar-refractivity contribution in [1.82, 2.24) is 0 Å². The van der Waals surface area contributed by atoms with Gasteiger partial charge < -0.3 is 14.2 Å². The number of allylic oxidation sites excluding steroid dienone is 12. The third kappa shape index (κ3) is 55.6. The Kier molecular flexibility index (Phi) is 54.8. The van der Waals surface area contributed by atoms with Gasteiger partial charge in [0.15, 0.2) is 6.10 Å². The molecule has 0 aromatic rings. The Balaban J connectivity index is 4.43. The summed E-state index contributed by atoms with van der Waals surface area (Å²) in [5.74, 6) is -0.946. The maximum absolute atomic E-state index is 12.8. The van der Waals surface area contributed by atoms with Crippen molar-refractivity contribution in [2.75, 3.05) is 13.2 Å². The van der Waals surface area contributed by atoms with Crippen LogP contribution in [0, 0.1) is 0 Å². The topological polar surface area (TPSA) is 78.9 Å². The summed E-state index contributed by atoms with van der Waals surface area (Å²) in [5.41, 5.74) is 0. The van der Waals surface area contributed by atoms with Crippen LogP contribution in [0.3, 0.4) is 0 Å². The maximum atomic E-state index is 12.8. The Labute approximate surface area is 427 Å². The summed E-state index contributed by atoms with van der Waals surface area (Å²) in [7, 11) is 0. The monoisotopic (exact) mass is 963 g/mol. The van der Waals surface area contributed by atoms with Gasteiger partial charge in [-0.25, -0.2) is 0 Å². The molecule has 0 aliphatic carbocycles. The van der Waals surface area contributed by atoms with Crippen molar-refractivity contribution in [1.29, 1.82) is 0 Å². The molecular formula is C63H110O6. The minimum absolute atomic E-state index is 0.0959. The van der Waals surface area contributed by atoms with Crippen LogP contribution in [-0.2, 0) is 28.6 Å². The molecule has 6 nitrogen and oxygen atoms in total. The molecule has 0 aromatic heterocycles. The molecule has 69 heavy (non-hydrogen) atoms. The molecule has 0 aromatic carbocycles. The number of hydrogen-bond donors (Lipinski definition) is 0. The summed E-state index contributed by atoms with van der Waals surface area (Å²) in [6.45, 7) is 6.50. The SMILES string of the molecule is CC/C=C\C/C=C\C/C=C\C/C=C\C/C=C\CCCC(=O)O[C@@H](COC(=O)CCCCCCCCCCC/C=C\CCCCCCCC)COC(=O)CCCCCCCCCCCCCCCCC. The molecule has 1 atom stereocenters. The van der Waals surface area contributed by atoms with Crippen molar-refractivity contribution in [3.63, 3.8) is 0 Å². The second-order valence-electron chi connectivity index (χ2n) is 19.5. The van der Waals surface area contributed by atoms with Crippen LogP contribution in [0.4, 0.5) is 0 Å². The Hall–Kier alpha value is -3.15. The summed E-state index contributed by atoms with van der Waals surface area (Å²) < 4.78 is 16.8. The highest BCUT2D eigenvalue weighted by Crippen LogP contribution is 2.16. The van der Waals surface area contributed by atoms with Gasteiger partial charge in [0, 0.05) is 19.3 Å². The lowest BCUT2D eigenvalue weighted by Gasteiger charge is -2.18. The molecular weight excluding hydrogens is 853 g/mol. The van der Waals surface area contributed by atoms with E-state index in [-0.39, 0.29) is 37.5 Å². The van der Waals surface area contributed by atoms with Gasteiger partial charge in [-0.3, -0.25) is 14.4 Å². The lowest BCUT2D eigenvalue weighted by atomic mass is 10.0. The highest BCUT2D eigenvalue weighted by Gasteiger charge is 2.19. The van der Waals surface area contributed by atoms with E-state index in [9.17, 15) is 14.4 Å². The summed E-state index contributed by atoms with van der Waals surface area (Å²) in [6, 6.07) is 0. The molecule has 0 heterocycles. The van der Waals surface area contributed by atoms with Gasteiger partial charge in [0.1, 0.15) is 13.2 Å². The van der Waals surface area contributed by atoms with Crippen LogP contribution in [0.25, 0.3) is 0 Å². The van der Waals surface area contributed by atoms with Gasteiger partial charge >= 0.3 is 17.9 Å². The van der Waals surface area contributed by atoms with Gasteiger partial charge in [0.2, 0.25) is 0 Å². The molecule has 0 radical (unpaired) electrons. The second-order valence-corrected chi connectivity index (χ2v) is 19.5. The predicted octanol–water partition coefficient (Wildman–Crippen LogP) is 19.8. The van der Waals surface area contributed by atoms with Gasteiger partial charge in [-0.05, 0) is 83.5 Å². The zero-order valence-corrected chi connectivity index (χ0v) is 45.6. The Morgan fingerprint density at radius 3 is 0.942 bits per heavy atom. The van der Waals surface area contributed by atoms with E-state index >= 15 is 0 Å². The van der Waals surface area contributed by atoms with Crippen LogP contribution < -0.4 is 0 Å². The fourth-order valence-electron chi connectivity index (χ4n) is 8.30. The van der Waals surface area contributed by atoms with Crippen molar-refractivity contribution < 1.29 is 28.6 Å². The normalized spacial score (nSPS) is 12.6. The third-order valence-corrected chi connectivity index (χ3v) is 12.7. The van der Waals surface area contributed by atoms with Gasteiger partial charge in [-0.2, -0.15) is 0 Å². The molecule has 0 aliphatic heterocycles. The largest absolute Gasteiger partial charge is 0.462 e. The molecule has 6 heteroatoms. The lowest BCUT2D eigenvalue weighted by Crippen LogP contribution is -2.30. The van der Waals surface area contributed by atoms with Crippen LogP contribution in [0.1, 0.15) is 290 Å². The molecule has 0 N–H and O–H groups in total. The molecule has 0 aliphatic rings. The second kappa shape index (κ2) is 57.4. The quantitative estimate of drug-likeness (QED) is 0.0262. The highest BCUT2D eigenvalue weighted by molar-refractivity contribution is 5.71. The number of carbonyl (C=O) groups is 3. The molecule has 0 unspecified atom stereocenters. The first-order valence-electron chi connectivity index (χ1n) is 29.4. The molecule has 0 spiro atoms. The average molecular weight is 964 g/mol. The molecule has 0 fully saturated rings. The predicted molar refractivity (Wildman–Crippen MR) is 298 cm³/mol. The first-order chi connectivity index (χ1) is 34.0. The zero-order valence-electron chi connectivity index (χ0n) is 45.6. The van der Waals surface area contributed by atoms with E-state index in [4.69, 9.17) is 14.2 Å². The Bertz CT molecular complexity index is 1290. The summed E-state index contributed by atoms with van der Waals surface area (Å²) >= 11 is 0. The average Bonchev–Trinajstić information content (AvgIpc) is 3.35. The summed E-state index contributed by atoms with van der Waals surface area (Å²) in [4.78, 5) is 38.2. The van der Waals surface area contributed by atoms with E-state index in [1.54, 1.807) is 0 Å². The van der Waals surface area contributed by atoms with Crippen LogP contribution in [0.15, 0.2) is 72.9 Å². The molecule has 0 saturated carbocycles. The lowest BCUT2D eigenvalue weighted by molar-refractivity contribution is -0.167. The summed E-state index contributed by atoms with van der Waals surface area (Å²) in [5, 5.41) is 0. The van der Waals surface area contributed by atoms with E-state index < -0.39 is 6.10 Å². The Morgan fingerprint density at radius 2 is 0.580 bits per heavy atom. The molecule has 0 amide bonds. The van der Waals surface area contributed by atoms with Crippen molar-refractivity contribution >= 4 is 17.9 Å². The molecule has 0 bridgehead atoms. The van der Waals surface area contributed by atoms with E-state index in [1.165, 1.54) is 167 Å². The fourth-order valence-corrected chi connectivity index (χ4v) is 8.30. The molecule has 0 rings (SSSR count). The first kappa shape index (κ1) is 65.8. The minimum atomic E-state index is -0.804.